The summed E-state index contributed by atoms with van der Waals surface area (Å²) in [6, 6.07) is 7.21. The summed E-state index contributed by atoms with van der Waals surface area (Å²) in [7, 11) is 3.71. The van der Waals surface area contributed by atoms with Crippen molar-refractivity contribution in [2.75, 3.05) is 19.0 Å². The molecule has 4 heterocycles. The summed E-state index contributed by atoms with van der Waals surface area (Å²) in [6.45, 7) is 1.98. The van der Waals surface area contributed by atoms with Gasteiger partial charge >= 0.3 is 0 Å². The lowest BCUT2D eigenvalue weighted by atomic mass is 10.00. The van der Waals surface area contributed by atoms with Crippen LogP contribution in [-0.4, -0.2) is 62.3 Å². The number of aromatic nitrogens is 3. The Morgan fingerprint density at radius 2 is 1.86 bits per heavy atom. The Balaban J connectivity index is 1.64. The molecule has 4 rings (SSSR count). The number of nitrogens with zero attached hydrogens (tertiary/aromatic N) is 4. The summed E-state index contributed by atoms with van der Waals surface area (Å²) < 4.78 is 7.63. The van der Waals surface area contributed by atoms with Crippen molar-refractivity contribution in [3.63, 3.8) is 0 Å². The third kappa shape index (κ3) is 3.04. The molecular formula is C20H24N4O4. The van der Waals surface area contributed by atoms with Crippen LogP contribution in [-0.2, 0) is 4.74 Å². The molecule has 0 aliphatic carbocycles. The van der Waals surface area contributed by atoms with Crippen molar-refractivity contribution in [2.24, 2.45) is 0 Å². The van der Waals surface area contributed by atoms with Crippen LogP contribution in [0.1, 0.15) is 23.5 Å². The van der Waals surface area contributed by atoms with Crippen LogP contribution in [0.25, 0.3) is 11.0 Å². The normalized spacial score (nSPS) is 25.9. The Morgan fingerprint density at radius 3 is 2.61 bits per heavy atom. The van der Waals surface area contributed by atoms with Gasteiger partial charge in [0.1, 0.15) is 35.9 Å². The molecule has 0 spiro atoms. The van der Waals surface area contributed by atoms with E-state index in [-0.39, 0.29) is 0 Å². The summed E-state index contributed by atoms with van der Waals surface area (Å²) in [6.07, 6.45) is -0.348. The quantitative estimate of drug-likeness (QED) is 0.620. The first kappa shape index (κ1) is 18.8. The number of aliphatic hydroxyl groups excluding tert-OH is 3. The van der Waals surface area contributed by atoms with Gasteiger partial charge in [-0.2, -0.15) is 0 Å². The monoisotopic (exact) mass is 384 g/mol. The van der Waals surface area contributed by atoms with Gasteiger partial charge in [0.05, 0.1) is 0 Å². The van der Waals surface area contributed by atoms with Crippen LogP contribution < -0.4 is 4.90 Å². The molecule has 5 atom stereocenters. The molecule has 0 amide bonds. The van der Waals surface area contributed by atoms with E-state index in [9.17, 15) is 15.3 Å². The Bertz CT molecular complexity index is 989. The molecule has 0 bridgehead atoms. The maximum atomic E-state index is 10.8. The molecule has 0 aromatic carbocycles. The van der Waals surface area contributed by atoms with Crippen molar-refractivity contribution in [1.82, 2.24) is 14.5 Å². The summed E-state index contributed by atoms with van der Waals surface area (Å²) in [5, 5.41) is 32.9. The molecule has 1 aliphatic rings. The van der Waals surface area contributed by atoms with Gasteiger partial charge in [-0.1, -0.05) is 0 Å². The standard InChI is InChI=1S/C20H24N4O4/c1-11-4-7-22-19-13(11)6-9-24(19)20-17(27)16(26)18(28-20)15(25)12-5-8-21-14(10-12)23(2)3/h4-10,15-18,20,25-27H,1-3H3. The molecule has 1 saturated heterocycles. The van der Waals surface area contributed by atoms with E-state index in [2.05, 4.69) is 9.97 Å². The van der Waals surface area contributed by atoms with E-state index in [0.29, 0.717) is 17.0 Å². The molecular weight excluding hydrogens is 360 g/mol. The number of ether oxygens (including phenoxy) is 1. The van der Waals surface area contributed by atoms with E-state index in [4.69, 9.17) is 4.74 Å². The highest BCUT2D eigenvalue weighted by molar-refractivity contribution is 5.79. The van der Waals surface area contributed by atoms with Crippen LogP contribution in [0, 0.1) is 6.92 Å². The Morgan fingerprint density at radius 1 is 1.11 bits per heavy atom. The van der Waals surface area contributed by atoms with Gasteiger partial charge in [0, 0.05) is 38.1 Å². The maximum absolute atomic E-state index is 10.8. The lowest BCUT2D eigenvalue weighted by Crippen LogP contribution is -2.34. The fourth-order valence-electron chi connectivity index (χ4n) is 3.63. The van der Waals surface area contributed by atoms with Gasteiger partial charge in [-0.05, 0) is 42.3 Å². The van der Waals surface area contributed by atoms with Crippen molar-refractivity contribution in [2.45, 2.75) is 37.6 Å². The first-order valence-corrected chi connectivity index (χ1v) is 9.13. The summed E-state index contributed by atoms with van der Waals surface area (Å²) in [5.74, 6) is 0.678. The fourth-order valence-corrected chi connectivity index (χ4v) is 3.63. The minimum absolute atomic E-state index is 0.557. The topological polar surface area (TPSA) is 104 Å². The molecule has 8 heteroatoms. The molecule has 0 saturated carbocycles. The predicted molar refractivity (Wildman–Crippen MR) is 104 cm³/mol. The number of fused-ring (bicyclic) bond motifs is 1. The highest BCUT2D eigenvalue weighted by Gasteiger charge is 2.47. The largest absolute Gasteiger partial charge is 0.387 e. The molecule has 1 aliphatic heterocycles. The zero-order valence-electron chi connectivity index (χ0n) is 16.0. The third-order valence-corrected chi connectivity index (χ3v) is 5.26. The summed E-state index contributed by atoms with van der Waals surface area (Å²) >= 11 is 0. The molecule has 3 aromatic heterocycles. The first-order valence-electron chi connectivity index (χ1n) is 9.13. The van der Waals surface area contributed by atoms with Crippen LogP contribution in [0.4, 0.5) is 5.82 Å². The van der Waals surface area contributed by atoms with Crippen LogP contribution >= 0.6 is 0 Å². The van der Waals surface area contributed by atoms with Crippen molar-refractivity contribution in [1.29, 1.82) is 0 Å². The van der Waals surface area contributed by atoms with Crippen LogP contribution in [0.15, 0.2) is 42.9 Å². The average Bonchev–Trinajstić information content (AvgIpc) is 3.24. The first-order chi connectivity index (χ1) is 13.4. The van der Waals surface area contributed by atoms with Crippen molar-refractivity contribution in [3.8, 4) is 0 Å². The van der Waals surface area contributed by atoms with Gasteiger partial charge in [-0.3, -0.25) is 0 Å². The number of hydrogen-bond donors (Lipinski definition) is 3. The maximum Gasteiger partial charge on any atom is 0.164 e. The summed E-state index contributed by atoms with van der Waals surface area (Å²) in [4.78, 5) is 10.4. The molecule has 5 unspecified atom stereocenters. The number of anilines is 1. The smallest absolute Gasteiger partial charge is 0.164 e. The number of pyridine rings is 2. The predicted octanol–water partition coefficient (Wildman–Crippen LogP) is 1.16. The zero-order chi connectivity index (χ0) is 20.0. The van der Waals surface area contributed by atoms with Gasteiger partial charge < -0.3 is 29.5 Å². The second kappa shape index (κ2) is 7.14. The lowest BCUT2D eigenvalue weighted by molar-refractivity contribution is -0.0848. The average molecular weight is 384 g/mol. The van der Waals surface area contributed by atoms with Gasteiger partial charge in [-0.25, -0.2) is 9.97 Å². The fraction of sp³-hybridized carbons (Fsp3) is 0.400. The highest BCUT2D eigenvalue weighted by Crippen LogP contribution is 2.37. The summed E-state index contributed by atoms with van der Waals surface area (Å²) in [5.41, 5.74) is 2.27. The Kier molecular flexibility index (Phi) is 4.80. The van der Waals surface area contributed by atoms with Gasteiger partial charge in [0.15, 0.2) is 6.23 Å². The highest BCUT2D eigenvalue weighted by atomic mass is 16.6. The lowest BCUT2D eigenvalue weighted by Gasteiger charge is -2.22. The van der Waals surface area contributed by atoms with Crippen LogP contribution in [0.2, 0.25) is 0 Å². The molecule has 3 aromatic rings. The second-order valence-electron chi connectivity index (χ2n) is 7.35. The Labute approximate surface area is 162 Å². The van der Waals surface area contributed by atoms with E-state index >= 15 is 0 Å². The number of aliphatic hydroxyl groups is 3. The number of rotatable bonds is 4. The molecule has 1 fully saturated rings. The molecule has 8 nitrogen and oxygen atoms in total. The molecule has 3 N–H and O–H groups in total. The van der Waals surface area contributed by atoms with E-state index in [1.807, 2.05) is 38.1 Å². The van der Waals surface area contributed by atoms with Gasteiger partial charge in [0.2, 0.25) is 0 Å². The SMILES string of the molecule is Cc1ccnc2c1ccn2C1OC(C(O)c2ccnc(N(C)C)c2)C(O)C1O. The van der Waals surface area contributed by atoms with Crippen molar-refractivity contribution < 1.29 is 20.1 Å². The van der Waals surface area contributed by atoms with E-state index in [0.717, 1.165) is 10.9 Å². The van der Waals surface area contributed by atoms with E-state index in [1.54, 1.807) is 35.3 Å². The molecule has 0 radical (unpaired) electrons. The third-order valence-electron chi connectivity index (χ3n) is 5.26. The zero-order valence-corrected chi connectivity index (χ0v) is 16.0. The van der Waals surface area contributed by atoms with Crippen molar-refractivity contribution in [3.05, 3.63) is 54.0 Å². The molecule has 148 valence electrons. The van der Waals surface area contributed by atoms with E-state index < -0.39 is 30.6 Å². The minimum atomic E-state index is -1.25. The number of aryl methyl sites for hydroxylation is 1. The van der Waals surface area contributed by atoms with Crippen molar-refractivity contribution >= 4 is 16.9 Å². The van der Waals surface area contributed by atoms with E-state index in [1.165, 1.54) is 0 Å². The van der Waals surface area contributed by atoms with Gasteiger partial charge in [-0.15, -0.1) is 0 Å². The minimum Gasteiger partial charge on any atom is -0.387 e. The number of hydrogen-bond acceptors (Lipinski definition) is 7. The molecule has 28 heavy (non-hydrogen) atoms. The van der Waals surface area contributed by atoms with Crippen LogP contribution in [0.5, 0.6) is 0 Å². The van der Waals surface area contributed by atoms with Gasteiger partial charge in [0.25, 0.3) is 0 Å². The Hall–Kier alpha value is -2.52. The van der Waals surface area contributed by atoms with Crippen LogP contribution in [0.3, 0.4) is 0 Å². The second-order valence-corrected chi connectivity index (χ2v) is 7.35.